The molecule has 4 bridgehead atoms. The number of benzene rings is 3. The molecular weight excluding hydrogens is 846 g/mol. The standard InChI is InChI=1S/C48H58ClN3O12/c1-22-14-13-15-23(2)47(58)51-39-42(56)36-35(38-45(39)63-34-21-33(60-19-17-52(10)11)30(49)20-31(34)50-38)37-44(28(7)41(36)55)64-48(9,46(37)57)61-18-16-32(59-12)27(6)43(62-29(8)53)26(5)24(3)25(4)40(22)54/h13-16,18,20-22,24-27,32,40,43,54-55H,17,19H2,1-12H3,(H,51,58)/b14-13+,18-16+,23-15-/t22-,24+,25-,26+,27+,32-,40-,43-,48-/m0/s1. The molecule has 64 heavy (non-hydrogen) atoms. The van der Waals surface area contributed by atoms with Crippen LogP contribution in [0.2, 0.25) is 5.02 Å². The third-order valence-corrected chi connectivity index (χ3v) is 13.1. The van der Waals surface area contributed by atoms with Crippen LogP contribution in [0.1, 0.15) is 71.3 Å². The number of nitrogens with one attached hydrogen (secondary N) is 1. The Balaban J connectivity index is 1.59. The van der Waals surface area contributed by atoms with E-state index in [2.05, 4.69) is 5.32 Å². The van der Waals surface area contributed by atoms with Crippen molar-refractivity contribution in [3.8, 4) is 28.7 Å². The number of halogens is 1. The lowest BCUT2D eigenvalue weighted by atomic mass is 9.73. The molecule has 16 heteroatoms. The number of ketones is 1. The molecule has 0 saturated carbocycles. The second kappa shape index (κ2) is 18.9. The molecule has 1 amide bonds. The van der Waals surface area contributed by atoms with Gasteiger partial charge in [-0.15, -0.1) is 0 Å². The second-order valence-corrected chi connectivity index (χ2v) is 17.9. The quantitative estimate of drug-likeness (QED) is 0.0962. The van der Waals surface area contributed by atoms with Gasteiger partial charge in [-0.05, 0) is 57.8 Å². The Kier molecular flexibility index (Phi) is 14.2. The third-order valence-electron chi connectivity index (χ3n) is 12.8. The van der Waals surface area contributed by atoms with Gasteiger partial charge in [-0.3, -0.25) is 19.2 Å². The highest BCUT2D eigenvalue weighted by Crippen LogP contribution is 2.51. The maximum Gasteiger partial charge on any atom is 0.312 e. The molecule has 6 rings (SSSR count). The topological polar surface area (TPSA) is 196 Å². The number of aromatic nitrogens is 1. The van der Waals surface area contributed by atoms with Crippen molar-refractivity contribution in [1.82, 2.24) is 9.88 Å². The van der Waals surface area contributed by atoms with Crippen LogP contribution in [0.15, 0.2) is 57.5 Å². The number of ether oxygens (including phenoxy) is 5. The number of hydrogen-bond acceptors (Lipinski definition) is 14. The van der Waals surface area contributed by atoms with Gasteiger partial charge >= 0.3 is 11.8 Å². The summed E-state index contributed by atoms with van der Waals surface area (Å²) < 4.78 is 36.5. The van der Waals surface area contributed by atoms with Crippen LogP contribution in [-0.2, 0) is 23.8 Å². The van der Waals surface area contributed by atoms with Crippen molar-refractivity contribution in [3.05, 3.63) is 74.6 Å². The number of fused-ring (bicyclic) bond motifs is 2. The number of aliphatic hydroxyl groups is 1. The summed E-state index contributed by atoms with van der Waals surface area (Å²) in [5.74, 6) is -5.83. The number of phenolic OH excluding ortho intramolecular Hbond substituents is 1. The van der Waals surface area contributed by atoms with Crippen molar-refractivity contribution < 1.29 is 52.7 Å². The van der Waals surface area contributed by atoms with Crippen molar-refractivity contribution >= 4 is 56.8 Å². The number of aromatic hydroxyl groups is 1. The largest absolute Gasteiger partial charge is 0.507 e. The summed E-state index contributed by atoms with van der Waals surface area (Å²) in [6.45, 7) is 16.3. The number of nitrogens with zero attached hydrogens (tertiary/aromatic N) is 2. The number of methoxy groups -OCH3 is 1. The number of carbonyl (C=O) groups is 3. The van der Waals surface area contributed by atoms with Crippen molar-refractivity contribution in [1.29, 1.82) is 0 Å². The van der Waals surface area contributed by atoms with E-state index >= 15 is 0 Å². The van der Waals surface area contributed by atoms with Gasteiger partial charge < -0.3 is 48.5 Å². The Morgan fingerprint density at radius 1 is 1.02 bits per heavy atom. The first-order valence-electron chi connectivity index (χ1n) is 21.3. The zero-order chi connectivity index (χ0) is 47.1. The van der Waals surface area contributed by atoms with Crippen LogP contribution in [0.5, 0.6) is 17.2 Å². The highest BCUT2D eigenvalue weighted by Gasteiger charge is 2.50. The van der Waals surface area contributed by atoms with Gasteiger partial charge in [0, 0.05) is 61.9 Å². The Morgan fingerprint density at radius 3 is 2.38 bits per heavy atom. The summed E-state index contributed by atoms with van der Waals surface area (Å²) in [5, 5.41) is 25.9. The smallest absolute Gasteiger partial charge is 0.312 e. The number of likely N-dealkylation sites (N-methyl/N-ethyl adjacent to an activating group) is 1. The summed E-state index contributed by atoms with van der Waals surface area (Å²) in [4.78, 5) is 62.7. The molecule has 2 aromatic carbocycles. The molecule has 0 unspecified atom stereocenters. The molecule has 15 nitrogen and oxygen atoms in total. The van der Waals surface area contributed by atoms with E-state index in [0.29, 0.717) is 13.2 Å². The predicted octanol–water partition coefficient (Wildman–Crippen LogP) is 7.82. The number of phenols is 1. The van der Waals surface area contributed by atoms with Crippen LogP contribution in [0.3, 0.4) is 0 Å². The highest BCUT2D eigenvalue weighted by atomic mass is 35.5. The lowest BCUT2D eigenvalue weighted by molar-refractivity contribution is -0.157. The number of rotatable bonds is 6. The van der Waals surface area contributed by atoms with Crippen LogP contribution in [-0.4, -0.2) is 96.2 Å². The molecule has 0 fully saturated rings. The molecule has 3 aliphatic heterocycles. The Labute approximate surface area is 377 Å². The summed E-state index contributed by atoms with van der Waals surface area (Å²) in [7, 11) is 5.30. The van der Waals surface area contributed by atoms with Gasteiger partial charge in [-0.1, -0.05) is 64.4 Å². The lowest BCUT2D eigenvalue weighted by Gasteiger charge is -2.39. The number of anilines is 1. The normalized spacial score (nSPS) is 28.8. The number of hydrogen-bond donors (Lipinski definition) is 3. The van der Waals surface area contributed by atoms with E-state index < -0.39 is 58.9 Å². The van der Waals surface area contributed by atoms with Gasteiger partial charge in [0.1, 0.15) is 46.9 Å². The number of aliphatic hydroxyl groups excluding tert-OH is 1. The van der Waals surface area contributed by atoms with Gasteiger partial charge in [0.15, 0.2) is 11.3 Å². The lowest BCUT2D eigenvalue weighted by Crippen LogP contribution is -2.43. The molecule has 0 aromatic heterocycles. The SMILES string of the molecule is CO[C@H]1/C=C/O[C@@]2(C)Oc3c(C)c(O)c4c(=O)c(c5oc6cc(OCCN(C)C)c(Cl)cc6nc-5c4c3C2=O)NC(=O)/C(C)=C\C=C\[C@H](C)[C@H](O)[C@@H](C)[C@@H](C)[C@@H](C)[C@H](OC(C)=O)[C@@H]1C. The Morgan fingerprint density at radius 2 is 1.72 bits per heavy atom. The number of allylic oxidation sites excluding steroid dienone is 2. The fourth-order valence-electron chi connectivity index (χ4n) is 8.47. The second-order valence-electron chi connectivity index (χ2n) is 17.5. The average molecular weight is 904 g/mol. The van der Waals surface area contributed by atoms with Crippen molar-refractivity contribution in [2.45, 2.75) is 86.4 Å². The molecule has 4 aliphatic rings. The molecule has 3 heterocycles. The van der Waals surface area contributed by atoms with Crippen LogP contribution in [0, 0.1) is 36.5 Å². The molecule has 2 aromatic rings. The molecule has 0 spiro atoms. The van der Waals surface area contributed by atoms with Crippen molar-refractivity contribution in [2.24, 2.45) is 29.6 Å². The van der Waals surface area contributed by atoms with E-state index in [9.17, 15) is 29.4 Å². The maximum atomic E-state index is 14.8. The monoisotopic (exact) mass is 903 g/mol. The molecule has 0 radical (unpaired) electrons. The zero-order valence-electron chi connectivity index (χ0n) is 38.3. The van der Waals surface area contributed by atoms with Crippen LogP contribution in [0.25, 0.3) is 33.3 Å². The van der Waals surface area contributed by atoms with Gasteiger partial charge in [-0.2, -0.15) is 0 Å². The van der Waals surface area contributed by atoms with E-state index in [1.165, 1.54) is 46.3 Å². The number of Topliss-reactive ketones (excluding diaryl/α,β-unsaturated/α-hetero) is 1. The minimum absolute atomic E-state index is 0.0519. The minimum atomic E-state index is -2.02. The maximum absolute atomic E-state index is 14.8. The molecule has 3 N–H and O–H groups in total. The fraction of sp³-hybridized carbons (Fsp3) is 0.479. The highest BCUT2D eigenvalue weighted by molar-refractivity contribution is 6.32. The average Bonchev–Trinajstić information content (AvgIpc) is 3.51. The summed E-state index contributed by atoms with van der Waals surface area (Å²) in [6, 6.07) is 3.04. The van der Waals surface area contributed by atoms with Crippen molar-refractivity contribution in [2.75, 3.05) is 39.7 Å². The molecule has 1 aliphatic carbocycles. The third kappa shape index (κ3) is 9.08. The van der Waals surface area contributed by atoms with Gasteiger partial charge in [0.25, 0.3) is 11.7 Å². The first-order valence-corrected chi connectivity index (χ1v) is 21.7. The van der Waals surface area contributed by atoms with Gasteiger partial charge in [0.05, 0.1) is 34.4 Å². The summed E-state index contributed by atoms with van der Waals surface area (Å²) in [5.41, 5.74) is -0.736. The molecule has 0 saturated heterocycles. The van der Waals surface area contributed by atoms with E-state index in [4.69, 9.17) is 44.7 Å². The van der Waals surface area contributed by atoms with Gasteiger partial charge in [0.2, 0.25) is 5.43 Å². The predicted molar refractivity (Wildman–Crippen MR) is 243 cm³/mol. The Hall–Kier alpha value is -5.48. The number of esters is 1. The van der Waals surface area contributed by atoms with E-state index in [-0.39, 0.29) is 95.9 Å². The first kappa shape index (κ1) is 48.0. The van der Waals surface area contributed by atoms with Crippen molar-refractivity contribution in [3.63, 3.8) is 0 Å². The van der Waals surface area contributed by atoms with Crippen LogP contribution in [0.4, 0.5) is 5.69 Å². The molecule has 344 valence electrons. The molecular formula is C48H58ClN3O12. The van der Waals surface area contributed by atoms with Crippen LogP contribution < -0.4 is 20.2 Å². The summed E-state index contributed by atoms with van der Waals surface area (Å²) >= 11 is 6.68. The van der Waals surface area contributed by atoms with Gasteiger partial charge in [-0.25, -0.2) is 4.98 Å². The van der Waals surface area contributed by atoms with E-state index in [1.54, 1.807) is 31.2 Å². The Bertz CT molecular complexity index is 2600. The van der Waals surface area contributed by atoms with Crippen LogP contribution >= 0.6 is 11.6 Å². The van der Waals surface area contributed by atoms with E-state index in [1.807, 2.05) is 53.6 Å². The zero-order valence-corrected chi connectivity index (χ0v) is 39.1. The van der Waals surface area contributed by atoms with E-state index in [0.717, 1.165) is 0 Å². The fourth-order valence-corrected chi connectivity index (χ4v) is 8.68. The minimum Gasteiger partial charge on any atom is -0.507 e. The number of amides is 1. The first-order chi connectivity index (χ1) is 30.1. The molecule has 9 atom stereocenters. The number of carbonyl (C=O) groups excluding carboxylic acids is 3. The summed E-state index contributed by atoms with van der Waals surface area (Å²) in [6.07, 6.45) is 5.66.